The highest BCUT2D eigenvalue weighted by atomic mass is 79.9. The van der Waals surface area contributed by atoms with E-state index in [1.807, 2.05) is 30.0 Å². The highest BCUT2D eigenvalue weighted by Gasteiger charge is 2.12. The lowest BCUT2D eigenvalue weighted by molar-refractivity contribution is -0.118. The molecule has 1 amide bonds. The summed E-state index contributed by atoms with van der Waals surface area (Å²) in [5.74, 6) is 1.85. The number of anilines is 1. The molecular weight excluding hydrogens is 620 g/mol. The van der Waals surface area contributed by atoms with Gasteiger partial charge in [-0.2, -0.15) is 0 Å². The molecule has 0 saturated carbocycles. The Labute approximate surface area is 267 Å². The van der Waals surface area contributed by atoms with E-state index in [0.717, 1.165) is 36.5 Å². The Morgan fingerprint density at radius 3 is 2.24 bits per heavy atom. The molecule has 0 fully saturated rings. The second kappa shape index (κ2) is 21.0. The number of halogens is 2. The van der Waals surface area contributed by atoms with Crippen LogP contribution in [-0.4, -0.2) is 29.9 Å². The highest BCUT2D eigenvalue weighted by Crippen LogP contribution is 2.31. The van der Waals surface area contributed by atoms with Gasteiger partial charge in [-0.15, -0.1) is 28.7 Å². The van der Waals surface area contributed by atoms with E-state index in [4.69, 9.17) is 21.1 Å². The molecule has 3 rings (SSSR count). The van der Waals surface area contributed by atoms with Crippen molar-refractivity contribution in [1.82, 2.24) is 4.90 Å². The van der Waals surface area contributed by atoms with Crippen molar-refractivity contribution in [3.63, 3.8) is 0 Å². The number of allylic oxidation sites excluding steroid dienone is 1. The number of carbonyl (C=O) groups excluding carboxylic acids is 1. The van der Waals surface area contributed by atoms with Gasteiger partial charge in [-0.05, 0) is 48.1 Å². The Hall–Kier alpha value is -1.83. The quantitative estimate of drug-likeness (QED) is 0.142. The van der Waals surface area contributed by atoms with E-state index in [9.17, 15) is 4.79 Å². The first-order valence-corrected chi connectivity index (χ1v) is 16.4. The maximum absolute atomic E-state index is 12.6. The predicted octanol–water partition coefficient (Wildman–Crippen LogP) is 10.4. The maximum Gasteiger partial charge on any atom is 0.262 e. The van der Waals surface area contributed by atoms with Crippen LogP contribution in [0, 0.1) is 0 Å². The number of nitrogens with zero attached hydrogens (tertiary/aromatic N) is 1. The number of amides is 1. The average Bonchev–Trinajstić information content (AvgIpc) is 3.35. The van der Waals surface area contributed by atoms with Gasteiger partial charge in [-0.1, -0.05) is 101 Å². The van der Waals surface area contributed by atoms with Crippen LogP contribution in [0.5, 0.6) is 11.5 Å². The van der Waals surface area contributed by atoms with E-state index < -0.39 is 0 Å². The van der Waals surface area contributed by atoms with Crippen molar-refractivity contribution in [3.05, 3.63) is 64.2 Å². The number of ether oxygens (including phenoxy) is 2. The van der Waals surface area contributed by atoms with Crippen LogP contribution < -0.4 is 14.8 Å². The summed E-state index contributed by atoms with van der Waals surface area (Å²) in [6.45, 7) is 5.71. The van der Waals surface area contributed by atoms with Crippen LogP contribution in [0.25, 0.3) is 0 Å². The number of hydrogen-bond donors (Lipinski definition) is 1. The van der Waals surface area contributed by atoms with Gasteiger partial charge in [0.15, 0.2) is 18.1 Å². The number of unbranched alkanes of at least 4 members (excludes halogenated alkanes) is 11. The Balaban J connectivity index is 0.00000588. The summed E-state index contributed by atoms with van der Waals surface area (Å²) in [6, 6.07) is 13.2. The summed E-state index contributed by atoms with van der Waals surface area (Å²) < 4.78 is 11.8. The lowest BCUT2D eigenvalue weighted by Gasteiger charge is -2.16. The van der Waals surface area contributed by atoms with Gasteiger partial charge < -0.3 is 19.7 Å². The zero-order valence-electron chi connectivity index (χ0n) is 24.8. The maximum atomic E-state index is 12.6. The van der Waals surface area contributed by atoms with Crippen molar-refractivity contribution in [2.24, 2.45) is 0 Å². The first kappa shape index (κ1) is 35.4. The van der Waals surface area contributed by atoms with Crippen LogP contribution in [0.4, 0.5) is 5.69 Å². The van der Waals surface area contributed by atoms with E-state index in [-0.39, 0.29) is 29.5 Å². The van der Waals surface area contributed by atoms with E-state index in [1.54, 1.807) is 18.2 Å². The van der Waals surface area contributed by atoms with Crippen LogP contribution in [0.1, 0.15) is 96.5 Å². The van der Waals surface area contributed by atoms with E-state index in [0.29, 0.717) is 23.1 Å². The zero-order chi connectivity index (χ0) is 28.4. The van der Waals surface area contributed by atoms with Crippen molar-refractivity contribution in [2.45, 2.75) is 97.4 Å². The van der Waals surface area contributed by atoms with Gasteiger partial charge in [0.2, 0.25) is 0 Å². The molecule has 1 N–H and O–H groups in total. The number of hydrogen-bond acceptors (Lipinski definition) is 5. The highest BCUT2D eigenvalue weighted by molar-refractivity contribution is 8.93. The van der Waals surface area contributed by atoms with Crippen LogP contribution in [0.3, 0.4) is 0 Å². The molecule has 8 heteroatoms. The molecule has 0 atom stereocenters. The number of nitrogens with one attached hydrogen (secondary N) is 1. The molecule has 0 unspecified atom stereocenters. The average molecular weight is 668 g/mol. The molecule has 5 nitrogen and oxygen atoms in total. The van der Waals surface area contributed by atoms with E-state index >= 15 is 0 Å². The first-order chi connectivity index (χ1) is 19.5. The van der Waals surface area contributed by atoms with Gasteiger partial charge in [0.25, 0.3) is 5.91 Å². The fourth-order valence-corrected chi connectivity index (χ4v) is 5.69. The molecule has 0 aromatic heterocycles. The van der Waals surface area contributed by atoms with Gasteiger partial charge in [-0.25, -0.2) is 0 Å². The van der Waals surface area contributed by atoms with Gasteiger partial charge in [0, 0.05) is 29.5 Å². The molecule has 0 aliphatic carbocycles. The second-order valence-corrected chi connectivity index (χ2v) is 12.3. The Kier molecular flexibility index (Phi) is 18.1. The molecule has 2 aromatic rings. The lowest BCUT2D eigenvalue weighted by Crippen LogP contribution is -2.20. The standard InChI is InChI=1S/C33H47ClN2O3S.BrH/c1-3-4-5-6-7-8-9-10-11-12-13-14-20-38-32-22-29(34)18-19-31(32)39-25-33(37)35-30-17-15-16-28(21-30)24-36-23-27(2)40-26-36;/h15-19,21-23H,3-14,20,24-26H2,1-2H3,(H,35,37);1H. The molecule has 1 aliphatic rings. The summed E-state index contributed by atoms with van der Waals surface area (Å²) in [6.07, 6.45) is 17.8. The fourth-order valence-electron chi connectivity index (χ4n) is 4.77. The number of carbonyl (C=O) groups is 1. The zero-order valence-corrected chi connectivity index (χ0v) is 28.1. The molecule has 228 valence electrons. The molecule has 0 spiro atoms. The predicted molar refractivity (Wildman–Crippen MR) is 181 cm³/mol. The molecule has 0 saturated heterocycles. The summed E-state index contributed by atoms with van der Waals surface area (Å²) in [4.78, 5) is 16.2. The smallest absolute Gasteiger partial charge is 0.262 e. The third kappa shape index (κ3) is 14.8. The van der Waals surface area contributed by atoms with Crippen molar-refractivity contribution < 1.29 is 14.3 Å². The Bertz CT molecular complexity index is 1070. The van der Waals surface area contributed by atoms with Crippen LogP contribution >= 0.6 is 40.3 Å². The Morgan fingerprint density at radius 1 is 0.902 bits per heavy atom. The van der Waals surface area contributed by atoms with E-state index in [1.165, 1.54) is 69.1 Å². The van der Waals surface area contributed by atoms with Crippen LogP contribution in [0.15, 0.2) is 53.6 Å². The summed E-state index contributed by atoms with van der Waals surface area (Å²) in [5.41, 5.74) is 1.91. The SMILES string of the molecule is Br.CCCCCCCCCCCCCCOc1cc(Cl)ccc1OCC(=O)Nc1cccc(CN2C=C(C)SC2)c1. The number of benzene rings is 2. The third-order valence-electron chi connectivity index (χ3n) is 6.94. The van der Waals surface area contributed by atoms with Crippen LogP contribution in [-0.2, 0) is 11.3 Å². The summed E-state index contributed by atoms with van der Waals surface area (Å²) >= 11 is 8.05. The van der Waals surface area contributed by atoms with Crippen LogP contribution in [0.2, 0.25) is 5.02 Å². The number of thioether (sulfide) groups is 1. The summed E-state index contributed by atoms with van der Waals surface area (Å²) in [7, 11) is 0. The normalized spacial score (nSPS) is 12.6. The van der Waals surface area contributed by atoms with Gasteiger partial charge >= 0.3 is 0 Å². The van der Waals surface area contributed by atoms with Crippen molar-refractivity contribution in [2.75, 3.05) is 24.4 Å². The fraction of sp³-hybridized carbons (Fsp3) is 0.545. The first-order valence-electron chi connectivity index (χ1n) is 15.0. The molecule has 1 heterocycles. The minimum atomic E-state index is -0.216. The monoisotopic (exact) mass is 666 g/mol. The van der Waals surface area contributed by atoms with Crippen molar-refractivity contribution >= 4 is 51.9 Å². The largest absolute Gasteiger partial charge is 0.490 e. The molecular formula is C33H48BrClN2O3S. The molecule has 0 radical (unpaired) electrons. The summed E-state index contributed by atoms with van der Waals surface area (Å²) in [5, 5.41) is 3.53. The van der Waals surface area contributed by atoms with Gasteiger partial charge in [-0.3, -0.25) is 4.79 Å². The van der Waals surface area contributed by atoms with Gasteiger partial charge in [0.05, 0.1) is 12.5 Å². The lowest BCUT2D eigenvalue weighted by atomic mass is 10.1. The van der Waals surface area contributed by atoms with E-state index in [2.05, 4.69) is 36.3 Å². The second-order valence-electron chi connectivity index (χ2n) is 10.6. The van der Waals surface area contributed by atoms with Gasteiger partial charge in [0.1, 0.15) is 0 Å². The third-order valence-corrected chi connectivity index (χ3v) is 8.20. The molecule has 0 bridgehead atoms. The Morgan fingerprint density at radius 2 is 1.59 bits per heavy atom. The topological polar surface area (TPSA) is 50.8 Å². The molecule has 2 aromatic carbocycles. The van der Waals surface area contributed by atoms with Crippen molar-refractivity contribution in [3.8, 4) is 11.5 Å². The molecule has 1 aliphatic heterocycles. The number of rotatable bonds is 20. The molecule has 41 heavy (non-hydrogen) atoms. The minimum absolute atomic E-state index is 0. The van der Waals surface area contributed by atoms with Crippen molar-refractivity contribution in [1.29, 1.82) is 0 Å². The minimum Gasteiger partial charge on any atom is -0.490 e.